The van der Waals surface area contributed by atoms with Crippen LogP contribution in [0.5, 0.6) is 0 Å². The van der Waals surface area contributed by atoms with Crippen molar-refractivity contribution in [3.8, 4) is 0 Å². The molecular weight excluding hydrogens is 491 g/mol. The van der Waals surface area contributed by atoms with Crippen molar-refractivity contribution in [2.24, 2.45) is 4.99 Å². The van der Waals surface area contributed by atoms with Crippen LogP contribution in [-0.4, -0.2) is 32.7 Å². The molecule has 0 amide bonds. The number of nitrogens with one attached hydrogen (secondary N) is 2. The van der Waals surface area contributed by atoms with E-state index in [4.69, 9.17) is 4.42 Å². The van der Waals surface area contributed by atoms with Gasteiger partial charge in [-0.1, -0.05) is 45.0 Å². The van der Waals surface area contributed by atoms with Crippen molar-refractivity contribution in [3.63, 3.8) is 0 Å². The molecule has 28 heavy (non-hydrogen) atoms. The first-order valence-corrected chi connectivity index (χ1v) is 10.8. The van der Waals surface area contributed by atoms with Gasteiger partial charge in [-0.15, -0.1) is 24.0 Å². The summed E-state index contributed by atoms with van der Waals surface area (Å²) in [5.74, 6) is 2.13. The lowest BCUT2D eigenvalue weighted by Crippen LogP contribution is -2.36. The predicted octanol–water partition coefficient (Wildman–Crippen LogP) is 3.00. The number of hydrogen-bond acceptors (Lipinski definition) is 5. The molecule has 1 aromatic heterocycles. The Balaban J connectivity index is 0.00000392. The fourth-order valence-electron chi connectivity index (χ4n) is 2.36. The van der Waals surface area contributed by atoms with E-state index in [1.807, 2.05) is 24.3 Å². The van der Waals surface area contributed by atoms with Crippen molar-refractivity contribution in [2.45, 2.75) is 45.0 Å². The molecule has 0 saturated heterocycles. The van der Waals surface area contributed by atoms with Gasteiger partial charge in [-0.2, -0.15) is 0 Å². The van der Waals surface area contributed by atoms with E-state index < -0.39 is 9.84 Å². The third kappa shape index (κ3) is 8.17. The zero-order valence-corrected chi connectivity index (χ0v) is 20.1. The fourth-order valence-corrected chi connectivity index (χ4v) is 3.16. The summed E-state index contributed by atoms with van der Waals surface area (Å²) in [5.41, 5.74) is 1.73. The van der Waals surface area contributed by atoms with E-state index in [1.54, 1.807) is 13.2 Å². The van der Waals surface area contributed by atoms with Gasteiger partial charge in [0.1, 0.15) is 5.76 Å². The fraction of sp³-hybridized carbons (Fsp3) is 0.474. The second-order valence-corrected chi connectivity index (χ2v) is 9.67. The van der Waals surface area contributed by atoms with Crippen LogP contribution in [0.2, 0.25) is 0 Å². The maximum Gasteiger partial charge on any atom is 0.213 e. The van der Waals surface area contributed by atoms with Gasteiger partial charge in [-0.25, -0.2) is 13.4 Å². The molecule has 7 nitrogen and oxygen atoms in total. The largest absolute Gasteiger partial charge is 0.443 e. The number of nitrogens with zero attached hydrogens (tertiary/aromatic N) is 2. The molecule has 0 radical (unpaired) electrons. The van der Waals surface area contributed by atoms with Gasteiger partial charge in [0.05, 0.1) is 18.5 Å². The molecule has 9 heteroatoms. The highest BCUT2D eigenvalue weighted by Gasteiger charge is 2.19. The first kappa shape index (κ1) is 24.4. The Morgan fingerprint density at radius 3 is 2.18 bits per heavy atom. The molecule has 2 aromatic rings. The van der Waals surface area contributed by atoms with Crippen LogP contribution in [0.15, 0.2) is 39.9 Å². The lowest BCUT2D eigenvalue weighted by Gasteiger charge is -2.13. The monoisotopic (exact) mass is 520 g/mol. The van der Waals surface area contributed by atoms with Gasteiger partial charge in [-0.05, 0) is 11.1 Å². The lowest BCUT2D eigenvalue weighted by atomic mass is 9.94. The summed E-state index contributed by atoms with van der Waals surface area (Å²) in [6.07, 6.45) is 2.99. The van der Waals surface area contributed by atoms with Crippen LogP contribution >= 0.6 is 24.0 Å². The second kappa shape index (κ2) is 10.2. The zero-order chi connectivity index (χ0) is 20.1. The number of hydrogen-bond donors (Lipinski definition) is 2. The summed E-state index contributed by atoms with van der Waals surface area (Å²) in [6.45, 7) is 7.23. The Hall–Kier alpha value is -1.62. The Morgan fingerprint density at radius 1 is 1.11 bits per heavy atom. The van der Waals surface area contributed by atoms with Crippen LogP contribution in [-0.2, 0) is 34.1 Å². The highest BCUT2D eigenvalue weighted by Crippen LogP contribution is 2.22. The quantitative estimate of drug-likeness (QED) is 0.346. The van der Waals surface area contributed by atoms with Crippen LogP contribution in [0.4, 0.5) is 0 Å². The van der Waals surface area contributed by atoms with Gasteiger partial charge in [-0.3, -0.25) is 4.99 Å². The van der Waals surface area contributed by atoms with Gasteiger partial charge >= 0.3 is 0 Å². The molecule has 0 spiro atoms. The molecule has 156 valence electrons. The van der Waals surface area contributed by atoms with Crippen LogP contribution < -0.4 is 10.6 Å². The predicted molar refractivity (Wildman–Crippen MR) is 123 cm³/mol. The molecule has 0 aliphatic rings. The maximum atomic E-state index is 11.3. The highest BCUT2D eigenvalue weighted by atomic mass is 127. The molecule has 1 heterocycles. The number of halogens is 1. The highest BCUT2D eigenvalue weighted by molar-refractivity contribution is 14.0. The van der Waals surface area contributed by atoms with E-state index in [0.717, 1.165) is 16.9 Å². The Labute approximate surface area is 184 Å². The van der Waals surface area contributed by atoms with E-state index in [1.165, 1.54) is 6.26 Å². The zero-order valence-electron chi connectivity index (χ0n) is 16.9. The van der Waals surface area contributed by atoms with Crippen molar-refractivity contribution in [1.82, 2.24) is 15.6 Å². The molecule has 1 aromatic carbocycles. The van der Waals surface area contributed by atoms with Crippen molar-refractivity contribution in [2.75, 3.05) is 13.3 Å². The summed E-state index contributed by atoms with van der Waals surface area (Å²) in [5, 5.41) is 6.38. The Morgan fingerprint density at radius 2 is 1.68 bits per heavy atom. The summed E-state index contributed by atoms with van der Waals surface area (Å²) >= 11 is 0. The second-order valence-electron chi connectivity index (χ2n) is 7.53. The average Bonchev–Trinajstić information content (AvgIpc) is 3.04. The first-order valence-electron chi connectivity index (χ1n) is 8.72. The number of benzene rings is 1. The molecule has 2 rings (SSSR count). The third-order valence-corrected chi connectivity index (χ3v) is 4.69. The van der Waals surface area contributed by atoms with Crippen molar-refractivity contribution in [3.05, 3.63) is 53.2 Å². The topological polar surface area (TPSA) is 96.6 Å². The van der Waals surface area contributed by atoms with Crippen molar-refractivity contribution >= 4 is 39.8 Å². The number of guanidine groups is 1. The molecule has 0 aliphatic carbocycles. The molecule has 0 fully saturated rings. The SMILES string of the molecule is CN=C(NCc1ccc(CS(C)(=O)=O)cc1)NCc1ncc(C(C)(C)C)o1.I. The number of aliphatic imine (C=N–C) groups is 1. The summed E-state index contributed by atoms with van der Waals surface area (Å²) < 4.78 is 28.4. The summed E-state index contributed by atoms with van der Waals surface area (Å²) in [4.78, 5) is 8.47. The van der Waals surface area contributed by atoms with Gasteiger partial charge in [0.25, 0.3) is 0 Å². The van der Waals surface area contributed by atoms with Crippen molar-refractivity contribution < 1.29 is 12.8 Å². The Bertz CT molecular complexity index is 885. The third-order valence-electron chi connectivity index (χ3n) is 3.84. The number of aromatic nitrogens is 1. The molecule has 0 unspecified atom stereocenters. The maximum absolute atomic E-state index is 11.3. The minimum atomic E-state index is -3.02. The summed E-state index contributed by atoms with van der Waals surface area (Å²) in [6, 6.07) is 7.47. The number of oxazole rings is 1. The van der Waals surface area contributed by atoms with Crippen LogP contribution in [0.25, 0.3) is 0 Å². The minimum Gasteiger partial charge on any atom is -0.443 e. The van der Waals surface area contributed by atoms with Crippen LogP contribution in [0.1, 0.15) is 43.5 Å². The standard InChI is InChI=1S/C19H28N4O3S.HI/c1-19(2,3)16-11-21-17(26-16)12-23-18(20-4)22-10-14-6-8-15(9-7-14)13-27(5,24)25;/h6-9,11H,10,12-13H2,1-5H3,(H2,20,22,23);1H. The van der Waals surface area contributed by atoms with E-state index >= 15 is 0 Å². The molecule has 0 atom stereocenters. The smallest absolute Gasteiger partial charge is 0.213 e. The molecule has 0 aliphatic heterocycles. The molecule has 0 saturated carbocycles. The van der Waals surface area contributed by atoms with Crippen LogP contribution in [0, 0.1) is 0 Å². The number of sulfone groups is 1. The molecule has 0 bridgehead atoms. The first-order chi connectivity index (χ1) is 12.6. The Kier molecular flexibility index (Phi) is 8.93. The summed E-state index contributed by atoms with van der Waals surface area (Å²) in [7, 11) is -1.33. The van der Waals surface area contributed by atoms with E-state index in [2.05, 4.69) is 41.4 Å². The van der Waals surface area contributed by atoms with E-state index in [9.17, 15) is 8.42 Å². The van der Waals surface area contributed by atoms with Crippen molar-refractivity contribution in [1.29, 1.82) is 0 Å². The normalized spacial score (nSPS) is 12.4. The number of rotatable bonds is 6. The van der Waals surface area contributed by atoms with Gasteiger partial charge in [0, 0.05) is 25.3 Å². The molecule has 2 N–H and O–H groups in total. The van der Waals surface area contributed by atoms with Gasteiger partial charge < -0.3 is 15.1 Å². The van der Waals surface area contributed by atoms with Gasteiger partial charge in [0.2, 0.25) is 5.89 Å². The van der Waals surface area contributed by atoms with Crippen LogP contribution in [0.3, 0.4) is 0 Å². The lowest BCUT2D eigenvalue weighted by molar-refractivity contribution is 0.379. The average molecular weight is 520 g/mol. The van der Waals surface area contributed by atoms with Gasteiger partial charge in [0.15, 0.2) is 15.8 Å². The minimum absolute atomic E-state index is 0. The van der Waals surface area contributed by atoms with E-state index in [-0.39, 0.29) is 35.1 Å². The van der Waals surface area contributed by atoms with E-state index in [0.29, 0.717) is 24.9 Å². The molecular formula is C19H29IN4O3S.